The normalized spacial score (nSPS) is 12.1. The summed E-state index contributed by atoms with van der Waals surface area (Å²) >= 11 is 6.22. The van der Waals surface area contributed by atoms with Crippen molar-refractivity contribution in [2.75, 3.05) is 30.2 Å². The number of benzene rings is 2. The zero-order valence-electron chi connectivity index (χ0n) is 18.6. The van der Waals surface area contributed by atoms with Gasteiger partial charge in [0.2, 0.25) is 21.8 Å². The molecule has 174 valence electrons. The van der Waals surface area contributed by atoms with Gasteiger partial charge in [-0.3, -0.25) is 13.9 Å². The van der Waals surface area contributed by atoms with Crippen LogP contribution in [0.3, 0.4) is 0 Å². The number of carbonyl (C=O) groups is 2. The van der Waals surface area contributed by atoms with Crippen molar-refractivity contribution in [3.8, 4) is 0 Å². The lowest BCUT2D eigenvalue weighted by Crippen LogP contribution is -2.53. The minimum Gasteiger partial charge on any atom is -0.355 e. The summed E-state index contributed by atoms with van der Waals surface area (Å²) in [5.41, 5.74) is 1.24. The van der Waals surface area contributed by atoms with Crippen LogP contribution in [0.1, 0.15) is 25.8 Å². The second-order valence-corrected chi connectivity index (χ2v) is 9.68. The highest BCUT2D eigenvalue weighted by molar-refractivity contribution is 7.92. The van der Waals surface area contributed by atoms with E-state index in [1.54, 1.807) is 24.3 Å². The van der Waals surface area contributed by atoms with E-state index in [0.717, 1.165) is 16.1 Å². The number of likely N-dealkylation sites (N-methyl/N-ethyl adjacent to an activating group) is 1. The number of carbonyl (C=O) groups excluding carboxylic acids is 2. The van der Waals surface area contributed by atoms with E-state index in [4.69, 9.17) is 11.6 Å². The van der Waals surface area contributed by atoms with E-state index in [1.165, 1.54) is 4.90 Å². The Labute approximate surface area is 195 Å². The summed E-state index contributed by atoms with van der Waals surface area (Å²) in [5.74, 6) is -0.732. The van der Waals surface area contributed by atoms with E-state index in [9.17, 15) is 18.0 Å². The van der Waals surface area contributed by atoms with Gasteiger partial charge in [0.1, 0.15) is 12.6 Å². The van der Waals surface area contributed by atoms with Crippen molar-refractivity contribution in [3.05, 3.63) is 65.2 Å². The molecule has 0 spiro atoms. The maximum absolute atomic E-state index is 13.4. The van der Waals surface area contributed by atoms with E-state index in [-0.39, 0.29) is 23.2 Å². The fourth-order valence-corrected chi connectivity index (χ4v) is 4.59. The quantitative estimate of drug-likeness (QED) is 0.536. The molecular weight excluding hydrogens is 450 g/mol. The van der Waals surface area contributed by atoms with Crippen molar-refractivity contribution in [3.63, 3.8) is 0 Å². The topological polar surface area (TPSA) is 86.8 Å². The highest BCUT2D eigenvalue weighted by atomic mass is 35.5. The molecule has 0 fully saturated rings. The Hall–Kier alpha value is -2.58. The van der Waals surface area contributed by atoms with Crippen LogP contribution in [0.5, 0.6) is 0 Å². The molecule has 2 aromatic carbocycles. The number of rotatable bonds is 11. The summed E-state index contributed by atoms with van der Waals surface area (Å²) in [6.07, 6.45) is 1.96. The predicted octanol–water partition coefficient (Wildman–Crippen LogP) is 3.09. The Bertz CT molecular complexity index is 1010. The van der Waals surface area contributed by atoms with Gasteiger partial charge < -0.3 is 10.2 Å². The summed E-state index contributed by atoms with van der Waals surface area (Å²) in [4.78, 5) is 27.6. The maximum Gasteiger partial charge on any atom is 0.244 e. The Kier molecular flexibility index (Phi) is 9.53. The van der Waals surface area contributed by atoms with Gasteiger partial charge in [-0.1, -0.05) is 61.0 Å². The van der Waals surface area contributed by atoms with Gasteiger partial charge in [-0.15, -0.1) is 0 Å². The molecule has 0 heterocycles. The third-order valence-electron chi connectivity index (χ3n) is 5.02. The van der Waals surface area contributed by atoms with E-state index in [0.29, 0.717) is 19.4 Å². The fraction of sp³-hybridized carbons (Fsp3) is 0.391. The number of anilines is 1. The molecule has 2 rings (SSSR count). The van der Waals surface area contributed by atoms with Crippen molar-refractivity contribution in [1.29, 1.82) is 0 Å². The van der Waals surface area contributed by atoms with Crippen molar-refractivity contribution < 1.29 is 18.0 Å². The molecule has 0 aliphatic rings. The van der Waals surface area contributed by atoms with E-state index >= 15 is 0 Å². The zero-order valence-corrected chi connectivity index (χ0v) is 20.2. The standard InChI is InChI=1S/C23H30ClN3O4S/c1-4-20(23(29)25-5-2)26(16-15-18-11-7-6-8-12-18)22(28)17-27(32(3,30)31)21-14-10-9-13-19(21)24/h6-14,20H,4-5,15-17H2,1-3H3,(H,25,29)/t20-/m1/s1. The third kappa shape index (κ3) is 6.97. The van der Waals surface area contributed by atoms with Gasteiger partial charge in [0, 0.05) is 13.1 Å². The molecule has 9 heteroatoms. The van der Waals surface area contributed by atoms with Crippen LogP contribution in [0.4, 0.5) is 5.69 Å². The van der Waals surface area contributed by atoms with Crippen molar-refractivity contribution in [2.24, 2.45) is 0 Å². The number of halogens is 1. The minimum atomic E-state index is -3.80. The van der Waals surface area contributed by atoms with E-state index in [2.05, 4.69) is 5.32 Å². The highest BCUT2D eigenvalue weighted by Gasteiger charge is 2.31. The lowest BCUT2D eigenvalue weighted by molar-refractivity contribution is -0.139. The monoisotopic (exact) mass is 479 g/mol. The van der Waals surface area contributed by atoms with Gasteiger partial charge >= 0.3 is 0 Å². The first kappa shape index (κ1) is 25.7. The molecule has 1 N–H and O–H groups in total. The molecule has 0 radical (unpaired) electrons. The van der Waals surface area contributed by atoms with Crippen LogP contribution in [0, 0.1) is 0 Å². The first-order valence-electron chi connectivity index (χ1n) is 10.5. The number of para-hydroxylation sites is 1. The van der Waals surface area contributed by atoms with Crippen LogP contribution < -0.4 is 9.62 Å². The largest absolute Gasteiger partial charge is 0.355 e. The molecular formula is C23H30ClN3O4S. The molecule has 0 aliphatic carbocycles. The van der Waals surface area contributed by atoms with Crippen LogP contribution in [-0.2, 0) is 26.0 Å². The lowest BCUT2D eigenvalue weighted by atomic mass is 10.1. The molecule has 2 amide bonds. The smallest absolute Gasteiger partial charge is 0.244 e. The number of hydrogen-bond acceptors (Lipinski definition) is 4. The number of hydrogen-bond donors (Lipinski definition) is 1. The SMILES string of the molecule is CCNC(=O)[C@@H](CC)N(CCc1ccccc1)C(=O)CN(c1ccccc1Cl)S(C)(=O)=O. The summed E-state index contributed by atoms with van der Waals surface area (Å²) in [6, 6.07) is 15.4. The first-order valence-corrected chi connectivity index (χ1v) is 12.7. The second kappa shape index (κ2) is 11.9. The van der Waals surface area contributed by atoms with Crippen LogP contribution in [0.15, 0.2) is 54.6 Å². The van der Waals surface area contributed by atoms with E-state index < -0.39 is 28.5 Å². The predicted molar refractivity (Wildman–Crippen MR) is 128 cm³/mol. The molecule has 0 saturated heterocycles. The molecule has 0 aliphatic heterocycles. The van der Waals surface area contributed by atoms with Gasteiger partial charge in [0.05, 0.1) is 17.0 Å². The van der Waals surface area contributed by atoms with E-state index in [1.807, 2.05) is 44.2 Å². The number of nitrogens with zero attached hydrogens (tertiary/aromatic N) is 2. The van der Waals surface area contributed by atoms with Crippen molar-refractivity contribution in [2.45, 2.75) is 32.7 Å². The van der Waals surface area contributed by atoms with Gasteiger partial charge in [-0.25, -0.2) is 8.42 Å². The molecule has 7 nitrogen and oxygen atoms in total. The summed E-state index contributed by atoms with van der Waals surface area (Å²) in [7, 11) is -3.80. The molecule has 0 bridgehead atoms. The third-order valence-corrected chi connectivity index (χ3v) is 6.47. The van der Waals surface area contributed by atoms with Gasteiger partial charge in [0.15, 0.2) is 0 Å². The molecule has 32 heavy (non-hydrogen) atoms. The van der Waals surface area contributed by atoms with Crippen LogP contribution in [0.2, 0.25) is 5.02 Å². The molecule has 0 aromatic heterocycles. The Morgan fingerprint density at radius 1 is 1.03 bits per heavy atom. The molecule has 0 saturated carbocycles. The minimum absolute atomic E-state index is 0.220. The van der Waals surface area contributed by atoms with Crippen molar-refractivity contribution >= 4 is 39.1 Å². The van der Waals surface area contributed by atoms with Crippen LogP contribution in [-0.4, -0.2) is 57.1 Å². The Morgan fingerprint density at radius 2 is 1.66 bits per heavy atom. The van der Waals surface area contributed by atoms with Gasteiger partial charge in [0.25, 0.3) is 0 Å². The molecule has 1 atom stereocenters. The summed E-state index contributed by atoms with van der Waals surface area (Å²) < 4.78 is 26.0. The van der Waals surface area contributed by atoms with Crippen molar-refractivity contribution in [1.82, 2.24) is 10.2 Å². The average molecular weight is 480 g/mol. The number of amides is 2. The van der Waals surface area contributed by atoms with Crippen LogP contribution >= 0.6 is 11.6 Å². The molecule has 0 unspecified atom stereocenters. The second-order valence-electron chi connectivity index (χ2n) is 7.36. The Balaban J connectivity index is 2.35. The Morgan fingerprint density at radius 3 is 2.22 bits per heavy atom. The van der Waals surface area contributed by atoms with Crippen LogP contribution in [0.25, 0.3) is 0 Å². The number of nitrogens with one attached hydrogen (secondary N) is 1. The summed E-state index contributed by atoms with van der Waals surface area (Å²) in [6.45, 7) is 3.89. The summed E-state index contributed by atoms with van der Waals surface area (Å²) in [5, 5.41) is 2.99. The number of sulfonamides is 1. The molecule has 2 aromatic rings. The average Bonchev–Trinajstić information content (AvgIpc) is 2.75. The zero-order chi connectivity index (χ0) is 23.7. The first-order chi connectivity index (χ1) is 15.2. The van der Waals surface area contributed by atoms with Gasteiger partial charge in [-0.05, 0) is 37.5 Å². The highest BCUT2D eigenvalue weighted by Crippen LogP contribution is 2.27. The lowest BCUT2D eigenvalue weighted by Gasteiger charge is -2.33. The fourth-order valence-electron chi connectivity index (χ4n) is 3.44. The van der Waals surface area contributed by atoms with Gasteiger partial charge in [-0.2, -0.15) is 0 Å². The maximum atomic E-state index is 13.4.